The first-order chi connectivity index (χ1) is 12.2. The van der Waals surface area contributed by atoms with Crippen LogP contribution in [0.25, 0.3) is 0 Å². The van der Waals surface area contributed by atoms with E-state index in [0.29, 0.717) is 13.2 Å². The van der Waals surface area contributed by atoms with Crippen molar-refractivity contribution in [3.05, 3.63) is 71.8 Å². The smallest absolute Gasteiger partial charge is 0.322 e. The van der Waals surface area contributed by atoms with E-state index in [0.717, 1.165) is 11.1 Å². The number of imide groups is 1. The lowest BCUT2D eigenvalue weighted by Crippen LogP contribution is -2.54. The van der Waals surface area contributed by atoms with Crippen LogP contribution < -0.4 is 10.6 Å². The maximum Gasteiger partial charge on any atom is 0.322 e. The molecule has 6 heteroatoms. The Morgan fingerprint density at radius 2 is 1.24 bits per heavy atom. The van der Waals surface area contributed by atoms with Crippen LogP contribution in [-0.4, -0.2) is 30.7 Å². The van der Waals surface area contributed by atoms with Crippen LogP contribution >= 0.6 is 0 Å². The van der Waals surface area contributed by atoms with Gasteiger partial charge in [0.2, 0.25) is 0 Å². The minimum absolute atomic E-state index is 0.0360. The summed E-state index contributed by atoms with van der Waals surface area (Å²) in [6, 6.07) is 18.7. The van der Waals surface area contributed by atoms with Crippen molar-refractivity contribution in [1.82, 2.24) is 10.6 Å². The lowest BCUT2D eigenvalue weighted by Gasteiger charge is -2.25. The predicted molar refractivity (Wildman–Crippen MR) is 91.6 cm³/mol. The van der Waals surface area contributed by atoms with E-state index in [1.165, 1.54) is 0 Å². The molecule has 0 saturated carbocycles. The largest absolute Gasteiger partial charge is 0.374 e. The number of benzene rings is 2. The second kappa shape index (κ2) is 7.92. The van der Waals surface area contributed by atoms with Gasteiger partial charge in [-0.15, -0.1) is 0 Å². The number of amides is 3. The minimum atomic E-state index is -1.21. The molecule has 0 spiro atoms. The predicted octanol–water partition coefficient (Wildman–Crippen LogP) is 2.00. The van der Waals surface area contributed by atoms with Gasteiger partial charge in [0.1, 0.15) is 0 Å². The van der Waals surface area contributed by atoms with Crippen LogP contribution in [0, 0.1) is 0 Å². The number of ether oxygens (including phenoxy) is 2. The molecule has 1 heterocycles. The summed E-state index contributed by atoms with van der Waals surface area (Å²) in [6.07, 6.45) is 0. The van der Waals surface area contributed by atoms with E-state index in [2.05, 4.69) is 10.6 Å². The van der Waals surface area contributed by atoms with Crippen molar-refractivity contribution in [3.8, 4) is 0 Å². The molecule has 1 aliphatic rings. The van der Waals surface area contributed by atoms with Crippen molar-refractivity contribution in [2.75, 3.05) is 13.2 Å². The van der Waals surface area contributed by atoms with E-state index in [1.54, 1.807) is 0 Å². The molecule has 0 bridgehead atoms. The molecular weight excluding hydrogens is 320 g/mol. The van der Waals surface area contributed by atoms with Crippen LogP contribution in [0.15, 0.2) is 60.7 Å². The second-order valence-electron chi connectivity index (χ2n) is 5.95. The van der Waals surface area contributed by atoms with Gasteiger partial charge in [-0.2, -0.15) is 0 Å². The lowest BCUT2D eigenvalue weighted by molar-refractivity contribution is -0.129. The van der Waals surface area contributed by atoms with Crippen LogP contribution in [0.3, 0.4) is 0 Å². The molecule has 25 heavy (non-hydrogen) atoms. The van der Waals surface area contributed by atoms with Gasteiger partial charge in [0, 0.05) is 0 Å². The summed E-state index contributed by atoms with van der Waals surface area (Å²) < 4.78 is 11.3. The number of hydrogen-bond acceptors (Lipinski definition) is 4. The van der Waals surface area contributed by atoms with Gasteiger partial charge in [-0.1, -0.05) is 60.7 Å². The molecule has 2 aromatic carbocycles. The fourth-order valence-electron chi connectivity index (χ4n) is 2.61. The Balaban J connectivity index is 1.58. The van der Waals surface area contributed by atoms with Gasteiger partial charge < -0.3 is 14.8 Å². The summed E-state index contributed by atoms with van der Waals surface area (Å²) in [5, 5.41) is 4.90. The molecule has 130 valence electrons. The van der Waals surface area contributed by atoms with Crippen LogP contribution in [-0.2, 0) is 27.5 Å². The topological polar surface area (TPSA) is 76.7 Å². The monoisotopic (exact) mass is 340 g/mol. The molecule has 2 N–H and O–H groups in total. The first-order valence-corrected chi connectivity index (χ1v) is 8.05. The molecule has 2 aromatic rings. The minimum Gasteiger partial charge on any atom is -0.374 e. The van der Waals surface area contributed by atoms with Crippen molar-refractivity contribution in [2.45, 2.75) is 18.8 Å². The van der Waals surface area contributed by atoms with Crippen LogP contribution in [0.2, 0.25) is 0 Å². The first-order valence-electron chi connectivity index (χ1n) is 8.05. The van der Waals surface area contributed by atoms with Crippen molar-refractivity contribution in [3.63, 3.8) is 0 Å². The highest BCUT2D eigenvalue weighted by Crippen LogP contribution is 2.15. The van der Waals surface area contributed by atoms with Gasteiger partial charge in [-0.05, 0) is 11.1 Å². The Hall–Kier alpha value is -2.70. The number of nitrogens with one attached hydrogen (secondary N) is 2. The molecular formula is C19H20N2O4. The number of carbonyl (C=O) groups is 2. The quantitative estimate of drug-likeness (QED) is 0.721. The van der Waals surface area contributed by atoms with Crippen molar-refractivity contribution < 1.29 is 19.1 Å². The standard InChI is InChI=1S/C19H20N2O4/c22-17-19(21-18(23)20-17,13-24-11-15-7-3-1-4-8-15)14-25-12-16-9-5-2-6-10-16/h1-10H,11-14H2,(H2,20,21,22,23). The number of urea groups is 1. The SMILES string of the molecule is O=C1NC(=O)C(COCc2ccccc2)(COCc2ccccc2)N1. The lowest BCUT2D eigenvalue weighted by atomic mass is 10.0. The third-order valence-corrected chi connectivity index (χ3v) is 3.93. The summed E-state index contributed by atoms with van der Waals surface area (Å²) in [4.78, 5) is 23.8. The number of hydrogen-bond donors (Lipinski definition) is 2. The maximum absolute atomic E-state index is 12.2. The molecule has 1 aliphatic heterocycles. The van der Waals surface area contributed by atoms with E-state index in [4.69, 9.17) is 9.47 Å². The van der Waals surface area contributed by atoms with E-state index in [9.17, 15) is 9.59 Å². The van der Waals surface area contributed by atoms with Crippen LogP contribution in [0.4, 0.5) is 4.79 Å². The molecule has 1 fully saturated rings. The van der Waals surface area contributed by atoms with E-state index in [1.807, 2.05) is 60.7 Å². The fraction of sp³-hybridized carbons (Fsp3) is 0.263. The maximum atomic E-state index is 12.2. The van der Waals surface area contributed by atoms with Crippen molar-refractivity contribution in [1.29, 1.82) is 0 Å². The zero-order valence-electron chi connectivity index (χ0n) is 13.7. The van der Waals surface area contributed by atoms with Gasteiger partial charge in [-0.25, -0.2) is 4.79 Å². The Bertz CT molecular complexity index is 673. The molecule has 1 saturated heterocycles. The Morgan fingerprint density at radius 3 is 1.64 bits per heavy atom. The first kappa shape index (κ1) is 17.1. The van der Waals surface area contributed by atoms with E-state index >= 15 is 0 Å². The van der Waals surface area contributed by atoms with E-state index in [-0.39, 0.29) is 13.2 Å². The Labute approximate surface area is 146 Å². The number of rotatable bonds is 8. The van der Waals surface area contributed by atoms with Crippen LogP contribution in [0.5, 0.6) is 0 Å². The van der Waals surface area contributed by atoms with E-state index < -0.39 is 17.5 Å². The molecule has 0 radical (unpaired) electrons. The summed E-state index contributed by atoms with van der Waals surface area (Å²) in [6.45, 7) is 0.775. The summed E-state index contributed by atoms with van der Waals surface area (Å²) >= 11 is 0. The third-order valence-electron chi connectivity index (χ3n) is 3.93. The fourth-order valence-corrected chi connectivity index (χ4v) is 2.61. The Morgan fingerprint density at radius 1 is 0.760 bits per heavy atom. The zero-order chi connectivity index (χ0) is 17.5. The highest BCUT2D eigenvalue weighted by Gasteiger charge is 2.47. The normalized spacial score (nSPS) is 15.7. The number of carbonyl (C=O) groups excluding carboxylic acids is 2. The highest BCUT2D eigenvalue weighted by atomic mass is 16.5. The van der Waals surface area contributed by atoms with Gasteiger partial charge in [-0.3, -0.25) is 10.1 Å². The zero-order valence-corrected chi connectivity index (χ0v) is 13.7. The molecule has 0 aliphatic carbocycles. The molecule has 3 rings (SSSR count). The summed E-state index contributed by atoms with van der Waals surface area (Å²) in [7, 11) is 0. The van der Waals surface area contributed by atoms with Crippen molar-refractivity contribution in [2.24, 2.45) is 0 Å². The highest BCUT2D eigenvalue weighted by molar-refractivity contribution is 6.07. The van der Waals surface area contributed by atoms with Gasteiger partial charge in [0.15, 0.2) is 5.54 Å². The van der Waals surface area contributed by atoms with Crippen molar-refractivity contribution >= 4 is 11.9 Å². The third kappa shape index (κ3) is 4.43. The van der Waals surface area contributed by atoms with Gasteiger partial charge >= 0.3 is 6.03 Å². The molecule has 0 aromatic heterocycles. The van der Waals surface area contributed by atoms with Gasteiger partial charge in [0.25, 0.3) is 5.91 Å². The summed E-state index contributed by atoms with van der Waals surface area (Å²) in [5.41, 5.74) is 0.779. The second-order valence-corrected chi connectivity index (χ2v) is 5.95. The molecule has 0 atom stereocenters. The van der Waals surface area contributed by atoms with Gasteiger partial charge in [0.05, 0.1) is 26.4 Å². The molecule has 0 unspecified atom stereocenters. The molecule has 6 nitrogen and oxygen atoms in total. The molecule has 3 amide bonds. The van der Waals surface area contributed by atoms with Crippen LogP contribution in [0.1, 0.15) is 11.1 Å². The Kier molecular flexibility index (Phi) is 5.42. The average Bonchev–Trinajstić information content (AvgIpc) is 2.90. The average molecular weight is 340 g/mol. The summed E-state index contributed by atoms with van der Waals surface area (Å²) in [5.74, 6) is -0.432.